The Bertz CT molecular complexity index is 892. The second-order valence-corrected chi connectivity index (χ2v) is 8.72. The number of thiophene rings is 1. The van der Waals surface area contributed by atoms with Crippen molar-refractivity contribution in [2.45, 2.75) is 38.4 Å². The molecule has 136 valence electrons. The topological polar surface area (TPSA) is 33.1 Å². The Balaban J connectivity index is 1.43. The molecule has 1 aromatic carbocycles. The molecule has 0 bridgehead atoms. The molecule has 3 heterocycles. The van der Waals surface area contributed by atoms with Crippen LogP contribution in [0.5, 0.6) is 0 Å². The fraction of sp³-hybridized carbons (Fsp3) is 0.476. The Hall–Kier alpha value is -1.69. The van der Waals surface area contributed by atoms with Gasteiger partial charge in [-0.1, -0.05) is 12.1 Å². The summed E-state index contributed by atoms with van der Waals surface area (Å²) in [6.07, 6.45) is 3.99. The van der Waals surface area contributed by atoms with Gasteiger partial charge in [0.1, 0.15) is 5.82 Å². The van der Waals surface area contributed by atoms with E-state index in [1.165, 1.54) is 49.3 Å². The molecule has 5 rings (SSSR count). The number of nitrogens with zero attached hydrogens (tertiary/aromatic N) is 3. The highest BCUT2D eigenvalue weighted by Gasteiger charge is 2.56. The van der Waals surface area contributed by atoms with Gasteiger partial charge in [-0.3, -0.25) is 4.90 Å². The number of aryl methyl sites for hydroxylation is 1. The van der Waals surface area contributed by atoms with Gasteiger partial charge in [0, 0.05) is 19.6 Å². The molecule has 2 aromatic heterocycles. The first-order chi connectivity index (χ1) is 12.8. The molecule has 1 aliphatic carbocycles. The third-order valence-electron chi connectivity index (χ3n) is 6.38. The Morgan fingerprint density at radius 3 is 2.85 bits per heavy atom. The molecule has 1 saturated carbocycles. The lowest BCUT2D eigenvalue weighted by Crippen LogP contribution is -2.36. The smallest absolute Gasteiger partial charge is 0.123 e. The molecular formula is C21H26N4S. The molecule has 5 heteroatoms. The quantitative estimate of drug-likeness (QED) is 0.746. The number of imidazole rings is 1. The number of hydrogen-bond donors (Lipinski definition) is 1. The summed E-state index contributed by atoms with van der Waals surface area (Å²) in [5.74, 6) is 1.18. The van der Waals surface area contributed by atoms with Gasteiger partial charge in [0.2, 0.25) is 0 Å². The van der Waals surface area contributed by atoms with Crippen molar-refractivity contribution < 1.29 is 0 Å². The SMILES string of the molecule is Cn1c(CN(Cc2ccsc2)[C@H]2CC23CCNCC3)nc2ccccc21. The van der Waals surface area contributed by atoms with E-state index in [0.717, 1.165) is 18.6 Å². The molecule has 2 aliphatic rings. The van der Waals surface area contributed by atoms with Crippen LogP contribution in [-0.4, -0.2) is 33.6 Å². The molecule has 3 aromatic rings. The third kappa shape index (κ3) is 2.88. The normalized spacial score (nSPS) is 21.7. The van der Waals surface area contributed by atoms with Gasteiger partial charge in [-0.25, -0.2) is 4.98 Å². The molecule has 1 aliphatic heterocycles. The van der Waals surface area contributed by atoms with Crippen LogP contribution in [0.15, 0.2) is 41.1 Å². The zero-order valence-corrected chi connectivity index (χ0v) is 16.1. The van der Waals surface area contributed by atoms with E-state index in [0.29, 0.717) is 11.5 Å². The van der Waals surface area contributed by atoms with Crippen LogP contribution in [0.3, 0.4) is 0 Å². The summed E-state index contributed by atoms with van der Waals surface area (Å²) in [5.41, 5.74) is 4.31. The van der Waals surface area contributed by atoms with Crippen molar-refractivity contribution in [1.29, 1.82) is 0 Å². The number of aromatic nitrogens is 2. The third-order valence-corrected chi connectivity index (χ3v) is 7.11. The molecule has 0 amide bonds. The molecule has 1 spiro atoms. The van der Waals surface area contributed by atoms with Gasteiger partial charge in [0.25, 0.3) is 0 Å². The molecule has 2 fully saturated rings. The summed E-state index contributed by atoms with van der Waals surface area (Å²) in [6, 6.07) is 11.4. The molecule has 0 radical (unpaired) electrons. The second kappa shape index (κ2) is 6.48. The fourth-order valence-electron chi connectivity index (χ4n) is 4.72. The van der Waals surface area contributed by atoms with E-state index in [9.17, 15) is 0 Å². The summed E-state index contributed by atoms with van der Waals surface area (Å²) in [6.45, 7) is 4.32. The number of para-hydroxylation sites is 2. The number of nitrogens with one attached hydrogen (secondary N) is 1. The summed E-state index contributed by atoms with van der Waals surface area (Å²) < 4.78 is 2.27. The minimum absolute atomic E-state index is 0.547. The number of benzene rings is 1. The Kier molecular flexibility index (Phi) is 4.11. The molecule has 1 atom stereocenters. The number of fused-ring (bicyclic) bond motifs is 1. The van der Waals surface area contributed by atoms with E-state index in [1.807, 2.05) is 0 Å². The number of piperidine rings is 1. The predicted octanol–water partition coefficient (Wildman–Crippen LogP) is 3.78. The van der Waals surface area contributed by atoms with Crippen LogP contribution in [-0.2, 0) is 20.1 Å². The van der Waals surface area contributed by atoms with Gasteiger partial charge in [0.15, 0.2) is 0 Å². The monoisotopic (exact) mass is 366 g/mol. The first kappa shape index (κ1) is 16.5. The fourth-order valence-corrected chi connectivity index (χ4v) is 5.38. The first-order valence-corrected chi connectivity index (χ1v) is 10.6. The van der Waals surface area contributed by atoms with E-state index in [4.69, 9.17) is 4.98 Å². The van der Waals surface area contributed by atoms with E-state index in [-0.39, 0.29) is 0 Å². The van der Waals surface area contributed by atoms with Crippen LogP contribution in [0.1, 0.15) is 30.7 Å². The lowest BCUT2D eigenvalue weighted by molar-refractivity contribution is 0.183. The average Bonchev–Trinajstić information content (AvgIpc) is 3.00. The van der Waals surface area contributed by atoms with Crippen molar-refractivity contribution in [2.24, 2.45) is 12.5 Å². The number of hydrogen-bond acceptors (Lipinski definition) is 4. The van der Waals surface area contributed by atoms with Crippen molar-refractivity contribution in [3.63, 3.8) is 0 Å². The van der Waals surface area contributed by atoms with Crippen LogP contribution in [0, 0.1) is 5.41 Å². The summed E-state index contributed by atoms with van der Waals surface area (Å²) in [5, 5.41) is 8.01. The van der Waals surface area contributed by atoms with Crippen LogP contribution >= 0.6 is 11.3 Å². The van der Waals surface area contributed by atoms with Gasteiger partial charge < -0.3 is 9.88 Å². The molecule has 1 N–H and O–H groups in total. The van der Waals surface area contributed by atoms with Crippen molar-refractivity contribution >= 4 is 22.4 Å². The molecule has 0 unspecified atom stereocenters. The minimum atomic E-state index is 0.547. The summed E-state index contributed by atoms with van der Waals surface area (Å²) >= 11 is 1.80. The Morgan fingerprint density at radius 2 is 2.08 bits per heavy atom. The van der Waals surface area contributed by atoms with Crippen molar-refractivity contribution in [1.82, 2.24) is 19.8 Å². The minimum Gasteiger partial charge on any atom is -0.330 e. The largest absolute Gasteiger partial charge is 0.330 e. The molecular weight excluding hydrogens is 340 g/mol. The maximum Gasteiger partial charge on any atom is 0.123 e. The second-order valence-electron chi connectivity index (χ2n) is 7.94. The van der Waals surface area contributed by atoms with Gasteiger partial charge in [-0.2, -0.15) is 11.3 Å². The van der Waals surface area contributed by atoms with Gasteiger partial charge >= 0.3 is 0 Å². The lowest BCUT2D eigenvalue weighted by Gasteiger charge is -2.29. The van der Waals surface area contributed by atoms with Crippen LogP contribution in [0.25, 0.3) is 11.0 Å². The van der Waals surface area contributed by atoms with E-state index >= 15 is 0 Å². The average molecular weight is 367 g/mol. The van der Waals surface area contributed by atoms with Crippen LogP contribution in [0.4, 0.5) is 0 Å². The van der Waals surface area contributed by atoms with Crippen molar-refractivity contribution in [2.75, 3.05) is 13.1 Å². The van der Waals surface area contributed by atoms with Gasteiger partial charge in [-0.15, -0.1) is 0 Å². The van der Waals surface area contributed by atoms with Gasteiger partial charge in [0.05, 0.1) is 17.6 Å². The summed E-state index contributed by atoms with van der Waals surface area (Å²) in [4.78, 5) is 7.63. The number of rotatable bonds is 5. The van der Waals surface area contributed by atoms with E-state index in [2.05, 4.69) is 62.9 Å². The van der Waals surface area contributed by atoms with Crippen LogP contribution in [0.2, 0.25) is 0 Å². The lowest BCUT2D eigenvalue weighted by atomic mass is 9.93. The Labute approximate surface area is 158 Å². The van der Waals surface area contributed by atoms with Gasteiger partial charge in [-0.05, 0) is 72.3 Å². The van der Waals surface area contributed by atoms with Crippen molar-refractivity contribution in [3.05, 3.63) is 52.5 Å². The van der Waals surface area contributed by atoms with E-state index in [1.54, 1.807) is 11.3 Å². The molecule has 1 saturated heterocycles. The first-order valence-electron chi connectivity index (χ1n) is 9.61. The zero-order valence-electron chi connectivity index (χ0n) is 15.3. The highest BCUT2D eigenvalue weighted by molar-refractivity contribution is 7.07. The standard InChI is InChI=1S/C21H26N4S/c1-24-18-5-3-2-4-17(18)23-20(24)14-25(13-16-6-11-26-15-16)19-12-21(19)7-9-22-10-8-21/h2-6,11,15,19,22H,7-10,12-14H2,1H3/t19-/m0/s1. The van der Waals surface area contributed by atoms with E-state index < -0.39 is 0 Å². The highest BCUT2D eigenvalue weighted by atomic mass is 32.1. The maximum absolute atomic E-state index is 4.94. The predicted molar refractivity (Wildman–Crippen MR) is 107 cm³/mol. The van der Waals surface area contributed by atoms with Crippen molar-refractivity contribution in [3.8, 4) is 0 Å². The maximum atomic E-state index is 4.94. The molecule has 26 heavy (non-hydrogen) atoms. The summed E-state index contributed by atoms with van der Waals surface area (Å²) in [7, 11) is 2.15. The van der Waals surface area contributed by atoms with Crippen LogP contribution < -0.4 is 5.32 Å². The zero-order chi connectivity index (χ0) is 17.6. The molecule has 4 nitrogen and oxygen atoms in total. The highest BCUT2D eigenvalue weighted by Crippen LogP contribution is 2.56. The Morgan fingerprint density at radius 1 is 1.23 bits per heavy atom.